The highest BCUT2D eigenvalue weighted by molar-refractivity contribution is 5.83. The van der Waals surface area contributed by atoms with E-state index in [1.807, 2.05) is 12.1 Å². The minimum atomic E-state index is 0.437. The number of aromatic nitrogens is 1. The Morgan fingerprint density at radius 2 is 2.00 bits per heavy atom. The summed E-state index contributed by atoms with van der Waals surface area (Å²) in [6.45, 7) is 4.34. The van der Waals surface area contributed by atoms with Crippen LogP contribution in [0.15, 0.2) is 24.3 Å². The van der Waals surface area contributed by atoms with Crippen LogP contribution in [-0.2, 0) is 0 Å². The molecule has 0 spiro atoms. The zero-order valence-corrected chi connectivity index (χ0v) is 9.82. The SMILES string of the molecule is COc1cc2cc(C(C)C)ccc2nc1N. The molecule has 1 heterocycles. The first kappa shape index (κ1) is 10.7. The molecule has 2 N–H and O–H groups in total. The summed E-state index contributed by atoms with van der Waals surface area (Å²) in [5.74, 6) is 1.58. The minimum absolute atomic E-state index is 0.437. The van der Waals surface area contributed by atoms with Gasteiger partial charge in [-0.15, -0.1) is 0 Å². The molecule has 84 valence electrons. The average molecular weight is 216 g/mol. The zero-order valence-electron chi connectivity index (χ0n) is 9.82. The van der Waals surface area contributed by atoms with Gasteiger partial charge in [-0.3, -0.25) is 0 Å². The van der Waals surface area contributed by atoms with Crippen LogP contribution in [0.2, 0.25) is 0 Å². The Hall–Kier alpha value is -1.77. The maximum atomic E-state index is 5.76. The summed E-state index contributed by atoms with van der Waals surface area (Å²) in [6, 6.07) is 8.16. The molecule has 0 unspecified atom stereocenters. The Morgan fingerprint density at radius 1 is 1.25 bits per heavy atom. The van der Waals surface area contributed by atoms with Gasteiger partial charge in [0, 0.05) is 5.39 Å². The number of benzene rings is 1. The van der Waals surface area contributed by atoms with Crippen LogP contribution in [0.5, 0.6) is 5.75 Å². The van der Waals surface area contributed by atoms with Gasteiger partial charge in [0.15, 0.2) is 11.6 Å². The van der Waals surface area contributed by atoms with E-state index in [0.717, 1.165) is 10.9 Å². The van der Waals surface area contributed by atoms with Crippen molar-refractivity contribution in [3.63, 3.8) is 0 Å². The molecule has 2 rings (SSSR count). The second kappa shape index (κ2) is 4.00. The van der Waals surface area contributed by atoms with Gasteiger partial charge in [0.1, 0.15) is 0 Å². The van der Waals surface area contributed by atoms with Gasteiger partial charge in [-0.2, -0.15) is 0 Å². The first-order chi connectivity index (χ1) is 7.61. The fourth-order valence-corrected chi connectivity index (χ4v) is 1.71. The Bertz CT molecular complexity index is 521. The van der Waals surface area contributed by atoms with Crippen LogP contribution < -0.4 is 10.5 Å². The van der Waals surface area contributed by atoms with Crippen LogP contribution in [-0.4, -0.2) is 12.1 Å². The van der Waals surface area contributed by atoms with E-state index in [4.69, 9.17) is 10.5 Å². The summed E-state index contributed by atoms with van der Waals surface area (Å²) in [7, 11) is 1.60. The van der Waals surface area contributed by atoms with Crippen molar-refractivity contribution in [2.75, 3.05) is 12.8 Å². The van der Waals surface area contributed by atoms with E-state index in [2.05, 4.69) is 31.0 Å². The highest BCUT2D eigenvalue weighted by Gasteiger charge is 2.06. The van der Waals surface area contributed by atoms with Crippen molar-refractivity contribution in [3.05, 3.63) is 29.8 Å². The summed E-state index contributed by atoms with van der Waals surface area (Å²) in [6.07, 6.45) is 0. The van der Waals surface area contributed by atoms with Crippen molar-refractivity contribution in [1.29, 1.82) is 0 Å². The highest BCUT2D eigenvalue weighted by Crippen LogP contribution is 2.27. The van der Waals surface area contributed by atoms with E-state index in [1.165, 1.54) is 5.56 Å². The Morgan fingerprint density at radius 3 is 2.62 bits per heavy atom. The third-order valence-electron chi connectivity index (χ3n) is 2.72. The molecule has 0 bridgehead atoms. The molecule has 0 amide bonds. The predicted octanol–water partition coefficient (Wildman–Crippen LogP) is 2.95. The standard InChI is InChI=1S/C13H16N2O/c1-8(2)9-4-5-11-10(6-9)7-12(16-3)13(14)15-11/h4-8H,1-3H3,(H2,14,15). The van der Waals surface area contributed by atoms with Gasteiger partial charge in [-0.25, -0.2) is 4.98 Å². The van der Waals surface area contributed by atoms with Crippen molar-refractivity contribution in [2.45, 2.75) is 19.8 Å². The van der Waals surface area contributed by atoms with E-state index >= 15 is 0 Å². The fourth-order valence-electron chi connectivity index (χ4n) is 1.71. The number of hydrogen-bond donors (Lipinski definition) is 1. The lowest BCUT2D eigenvalue weighted by Crippen LogP contribution is -1.96. The molecule has 3 nitrogen and oxygen atoms in total. The number of nitrogens with zero attached hydrogens (tertiary/aromatic N) is 1. The third kappa shape index (κ3) is 1.81. The van der Waals surface area contributed by atoms with Crippen LogP contribution >= 0.6 is 0 Å². The molecule has 0 radical (unpaired) electrons. The van der Waals surface area contributed by atoms with Crippen molar-refractivity contribution in [3.8, 4) is 5.75 Å². The second-order valence-corrected chi connectivity index (χ2v) is 4.18. The molecule has 2 aromatic rings. The number of nitrogen functional groups attached to an aromatic ring is 1. The Kier molecular flexibility index (Phi) is 2.69. The lowest BCUT2D eigenvalue weighted by molar-refractivity contribution is 0.416. The Balaban J connectivity index is 2.63. The maximum Gasteiger partial charge on any atom is 0.166 e. The molecule has 3 heteroatoms. The molecule has 0 aliphatic carbocycles. The van der Waals surface area contributed by atoms with Gasteiger partial charge >= 0.3 is 0 Å². The van der Waals surface area contributed by atoms with Crippen molar-refractivity contribution in [2.24, 2.45) is 0 Å². The van der Waals surface area contributed by atoms with Gasteiger partial charge in [-0.05, 0) is 29.7 Å². The van der Waals surface area contributed by atoms with Gasteiger partial charge in [0.2, 0.25) is 0 Å². The molecule has 16 heavy (non-hydrogen) atoms. The fraction of sp³-hybridized carbons (Fsp3) is 0.308. The van der Waals surface area contributed by atoms with Crippen LogP contribution in [0.4, 0.5) is 5.82 Å². The molecule has 0 fully saturated rings. The molecule has 0 aliphatic rings. The molecule has 0 atom stereocenters. The topological polar surface area (TPSA) is 48.1 Å². The van der Waals surface area contributed by atoms with Crippen LogP contribution in [0.3, 0.4) is 0 Å². The molecule has 0 aliphatic heterocycles. The van der Waals surface area contributed by atoms with Crippen LogP contribution in [0.1, 0.15) is 25.3 Å². The normalized spacial score (nSPS) is 11.0. The van der Waals surface area contributed by atoms with E-state index < -0.39 is 0 Å². The number of hydrogen-bond acceptors (Lipinski definition) is 3. The lowest BCUT2D eigenvalue weighted by atomic mass is 10.0. The second-order valence-electron chi connectivity index (χ2n) is 4.18. The maximum absolute atomic E-state index is 5.76. The summed E-state index contributed by atoms with van der Waals surface area (Å²) in [4.78, 5) is 4.30. The first-order valence-electron chi connectivity index (χ1n) is 5.36. The molecule has 1 aromatic heterocycles. The number of pyridine rings is 1. The van der Waals surface area contributed by atoms with Crippen molar-refractivity contribution in [1.82, 2.24) is 4.98 Å². The monoisotopic (exact) mass is 216 g/mol. The zero-order chi connectivity index (χ0) is 11.7. The molecular weight excluding hydrogens is 200 g/mol. The smallest absolute Gasteiger partial charge is 0.166 e. The number of fused-ring (bicyclic) bond motifs is 1. The number of methoxy groups -OCH3 is 1. The molecular formula is C13H16N2O. The molecule has 1 aromatic carbocycles. The van der Waals surface area contributed by atoms with Gasteiger partial charge in [-0.1, -0.05) is 19.9 Å². The summed E-state index contributed by atoms with van der Waals surface area (Å²) in [5.41, 5.74) is 7.96. The van der Waals surface area contributed by atoms with Crippen LogP contribution in [0, 0.1) is 0 Å². The number of rotatable bonds is 2. The highest BCUT2D eigenvalue weighted by atomic mass is 16.5. The number of nitrogens with two attached hydrogens (primary N) is 1. The lowest BCUT2D eigenvalue weighted by Gasteiger charge is -2.09. The van der Waals surface area contributed by atoms with E-state index in [-0.39, 0.29) is 0 Å². The van der Waals surface area contributed by atoms with Gasteiger partial charge < -0.3 is 10.5 Å². The molecule has 0 saturated carbocycles. The van der Waals surface area contributed by atoms with E-state index in [9.17, 15) is 0 Å². The first-order valence-corrected chi connectivity index (χ1v) is 5.36. The van der Waals surface area contributed by atoms with Gasteiger partial charge in [0.05, 0.1) is 12.6 Å². The van der Waals surface area contributed by atoms with E-state index in [0.29, 0.717) is 17.5 Å². The number of ether oxygens (including phenoxy) is 1. The summed E-state index contributed by atoms with van der Waals surface area (Å²) < 4.78 is 5.17. The summed E-state index contributed by atoms with van der Waals surface area (Å²) >= 11 is 0. The minimum Gasteiger partial charge on any atom is -0.493 e. The molecule has 0 saturated heterocycles. The average Bonchev–Trinajstić information content (AvgIpc) is 2.27. The van der Waals surface area contributed by atoms with Crippen molar-refractivity contribution < 1.29 is 4.74 Å². The predicted molar refractivity (Wildman–Crippen MR) is 66.8 cm³/mol. The van der Waals surface area contributed by atoms with E-state index in [1.54, 1.807) is 7.11 Å². The summed E-state index contributed by atoms with van der Waals surface area (Å²) in [5, 5.41) is 1.07. The number of anilines is 1. The quantitative estimate of drug-likeness (QED) is 0.839. The Labute approximate surface area is 95.2 Å². The van der Waals surface area contributed by atoms with Crippen molar-refractivity contribution >= 4 is 16.7 Å². The third-order valence-corrected chi connectivity index (χ3v) is 2.72. The van der Waals surface area contributed by atoms with Gasteiger partial charge in [0.25, 0.3) is 0 Å². The van der Waals surface area contributed by atoms with Crippen LogP contribution in [0.25, 0.3) is 10.9 Å². The largest absolute Gasteiger partial charge is 0.493 e.